The summed E-state index contributed by atoms with van der Waals surface area (Å²) >= 11 is 5.89. The number of benzene rings is 2. The molecule has 0 fully saturated rings. The molecule has 0 aliphatic carbocycles. The molecule has 0 radical (unpaired) electrons. The van der Waals surface area contributed by atoms with Crippen LogP contribution in [0.3, 0.4) is 0 Å². The van der Waals surface area contributed by atoms with Crippen molar-refractivity contribution < 1.29 is 9.53 Å². The smallest absolute Gasteiger partial charge is 0.257 e. The lowest BCUT2D eigenvalue weighted by molar-refractivity contribution is 0.102. The van der Waals surface area contributed by atoms with Crippen LogP contribution in [-0.2, 0) is 0 Å². The van der Waals surface area contributed by atoms with Crippen LogP contribution < -0.4 is 15.8 Å². The first-order valence-corrected chi connectivity index (χ1v) is 6.40. The molecule has 0 heterocycles. The van der Waals surface area contributed by atoms with E-state index in [-0.39, 0.29) is 5.91 Å². The van der Waals surface area contributed by atoms with Crippen molar-refractivity contribution >= 4 is 28.9 Å². The molecule has 20 heavy (non-hydrogen) atoms. The van der Waals surface area contributed by atoms with E-state index >= 15 is 0 Å². The molecule has 2 aromatic carbocycles. The van der Waals surface area contributed by atoms with Crippen molar-refractivity contribution in [2.24, 2.45) is 0 Å². The van der Waals surface area contributed by atoms with Crippen molar-refractivity contribution in [3.05, 3.63) is 52.5 Å². The normalized spacial score (nSPS) is 10.2. The predicted octanol–water partition coefficient (Wildman–Crippen LogP) is 3.49. The molecule has 0 aliphatic rings. The number of nitrogens with one attached hydrogen (secondary N) is 1. The van der Waals surface area contributed by atoms with Crippen molar-refractivity contribution in [1.29, 1.82) is 0 Å². The van der Waals surface area contributed by atoms with Gasteiger partial charge in [-0.15, -0.1) is 0 Å². The minimum Gasteiger partial charge on any atom is -0.495 e. The van der Waals surface area contributed by atoms with Crippen LogP contribution in [-0.4, -0.2) is 13.0 Å². The number of carbonyl (C=O) groups is 1. The first-order valence-electron chi connectivity index (χ1n) is 6.02. The van der Waals surface area contributed by atoms with Crippen molar-refractivity contribution in [2.45, 2.75) is 6.92 Å². The highest BCUT2D eigenvalue weighted by atomic mass is 35.5. The molecule has 5 heteroatoms. The number of rotatable bonds is 3. The van der Waals surface area contributed by atoms with Gasteiger partial charge in [-0.1, -0.05) is 17.7 Å². The minimum atomic E-state index is -0.325. The number of hydrogen-bond acceptors (Lipinski definition) is 3. The van der Waals surface area contributed by atoms with Gasteiger partial charge in [0, 0.05) is 10.7 Å². The second-order valence-corrected chi connectivity index (χ2v) is 4.83. The lowest BCUT2D eigenvalue weighted by atomic mass is 10.1. The quantitative estimate of drug-likeness (QED) is 0.851. The molecule has 1 amide bonds. The Kier molecular flexibility index (Phi) is 4.15. The zero-order chi connectivity index (χ0) is 14.7. The average Bonchev–Trinajstić information content (AvgIpc) is 2.41. The van der Waals surface area contributed by atoms with E-state index in [1.54, 1.807) is 25.3 Å². The first-order chi connectivity index (χ1) is 9.51. The Morgan fingerprint density at radius 3 is 2.70 bits per heavy atom. The molecule has 3 N–H and O–H groups in total. The van der Waals surface area contributed by atoms with Crippen LogP contribution >= 0.6 is 11.6 Å². The van der Waals surface area contributed by atoms with Crippen molar-refractivity contribution in [1.82, 2.24) is 0 Å². The maximum absolute atomic E-state index is 12.3. The fourth-order valence-corrected chi connectivity index (χ4v) is 2.01. The van der Waals surface area contributed by atoms with E-state index in [0.717, 1.165) is 5.56 Å². The zero-order valence-electron chi connectivity index (χ0n) is 11.2. The van der Waals surface area contributed by atoms with Crippen LogP contribution in [0.4, 0.5) is 11.4 Å². The molecular weight excluding hydrogens is 276 g/mol. The summed E-state index contributed by atoms with van der Waals surface area (Å²) < 4.78 is 5.22. The Morgan fingerprint density at radius 2 is 2.00 bits per heavy atom. The molecule has 0 saturated heterocycles. The molecule has 0 saturated carbocycles. The molecule has 104 valence electrons. The van der Waals surface area contributed by atoms with Crippen molar-refractivity contribution in [3.8, 4) is 5.75 Å². The van der Waals surface area contributed by atoms with Crippen LogP contribution in [0.25, 0.3) is 0 Å². The summed E-state index contributed by atoms with van der Waals surface area (Å²) in [6.45, 7) is 1.93. The molecule has 0 unspecified atom stereocenters. The Balaban J connectivity index is 2.32. The summed E-state index contributed by atoms with van der Waals surface area (Å²) in [6, 6.07) is 10.3. The summed E-state index contributed by atoms with van der Waals surface area (Å²) in [5, 5.41) is 3.24. The number of hydrogen-bond donors (Lipinski definition) is 2. The lowest BCUT2D eigenvalue weighted by Crippen LogP contribution is -2.14. The Hall–Kier alpha value is -2.20. The topological polar surface area (TPSA) is 64.3 Å². The van der Waals surface area contributed by atoms with E-state index in [1.165, 1.54) is 6.07 Å². The van der Waals surface area contributed by atoms with Gasteiger partial charge in [0.2, 0.25) is 0 Å². The number of aryl methyl sites for hydroxylation is 1. The number of halogens is 1. The Bertz CT molecular complexity index is 656. The molecule has 4 nitrogen and oxygen atoms in total. The predicted molar refractivity (Wildman–Crippen MR) is 81.5 cm³/mol. The van der Waals surface area contributed by atoms with Gasteiger partial charge in [-0.3, -0.25) is 4.79 Å². The van der Waals surface area contributed by atoms with Crippen molar-refractivity contribution in [3.63, 3.8) is 0 Å². The summed E-state index contributed by atoms with van der Waals surface area (Å²) in [7, 11) is 1.55. The summed E-state index contributed by atoms with van der Waals surface area (Å²) in [5.41, 5.74) is 8.11. The largest absolute Gasteiger partial charge is 0.495 e. The lowest BCUT2D eigenvalue weighted by Gasteiger charge is -2.12. The van der Waals surface area contributed by atoms with Gasteiger partial charge in [-0.05, 0) is 42.8 Å². The molecule has 0 atom stereocenters. The van der Waals surface area contributed by atoms with Gasteiger partial charge in [-0.2, -0.15) is 0 Å². The molecule has 0 aromatic heterocycles. The van der Waals surface area contributed by atoms with Crippen molar-refractivity contribution in [2.75, 3.05) is 18.2 Å². The van der Waals surface area contributed by atoms with Gasteiger partial charge in [0.05, 0.1) is 18.4 Å². The third-order valence-electron chi connectivity index (χ3n) is 2.86. The summed E-state index contributed by atoms with van der Waals surface area (Å²) in [5.74, 6) is 0.262. The number of anilines is 2. The molecule has 0 bridgehead atoms. The monoisotopic (exact) mass is 290 g/mol. The van der Waals surface area contributed by atoms with Crippen LogP contribution in [0.2, 0.25) is 5.02 Å². The third kappa shape index (κ3) is 3.03. The average molecular weight is 291 g/mol. The minimum absolute atomic E-state index is 0.325. The van der Waals surface area contributed by atoms with E-state index in [0.29, 0.717) is 27.7 Å². The number of carbonyl (C=O) groups excluding carboxylic acids is 1. The maximum Gasteiger partial charge on any atom is 0.257 e. The van der Waals surface area contributed by atoms with Crippen LogP contribution in [0.15, 0.2) is 36.4 Å². The van der Waals surface area contributed by atoms with E-state index in [1.807, 2.05) is 19.1 Å². The van der Waals surface area contributed by atoms with Gasteiger partial charge in [0.1, 0.15) is 5.75 Å². The van der Waals surface area contributed by atoms with Gasteiger partial charge in [-0.25, -0.2) is 0 Å². The molecule has 0 spiro atoms. The standard InChI is InChI=1S/C15H15ClN2O2/c1-9-3-6-14(20-2)13(7-9)18-15(19)11-8-10(16)4-5-12(11)17/h3-8H,17H2,1-2H3,(H,18,19). The van der Waals surface area contributed by atoms with Gasteiger partial charge in [0.25, 0.3) is 5.91 Å². The van der Waals surface area contributed by atoms with Gasteiger partial charge < -0.3 is 15.8 Å². The first kappa shape index (κ1) is 14.2. The molecule has 2 rings (SSSR count). The van der Waals surface area contributed by atoms with Gasteiger partial charge in [0.15, 0.2) is 0 Å². The fourth-order valence-electron chi connectivity index (χ4n) is 1.83. The fraction of sp³-hybridized carbons (Fsp3) is 0.133. The SMILES string of the molecule is COc1ccc(C)cc1NC(=O)c1cc(Cl)ccc1N. The number of methoxy groups -OCH3 is 1. The zero-order valence-corrected chi connectivity index (χ0v) is 12.0. The highest BCUT2D eigenvalue weighted by Crippen LogP contribution is 2.27. The number of amides is 1. The van der Waals surface area contributed by atoms with Gasteiger partial charge >= 0.3 is 0 Å². The van der Waals surface area contributed by atoms with Crippen LogP contribution in [0.1, 0.15) is 15.9 Å². The molecule has 0 aliphatic heterocycles. The van der Waals surface area contributed by atoms with E-state index in [9.17, 15) is 4.79 Å². The summed E-state index contributed by atoms with van der Waals surface area (Å²) in [4.78, 5) is 12.3. The third-order valence-corrected chi connectivity index (χ3v) is 3.10. The van der Waals surface area contributed by atoms with E-state index in [4.69, 9.17) is 22.1 Å². The Labute approximate surface area is 122 Å². The maximum atomic E-state index is 12.3. The molecular formula is C15H15ClN2O2. The Morgan fingerprint density at radius 1 is 1.25 bits per heavy atom. The van der Waals surface area contributed by atoms with E-state index in [2.05, 4.69) is 5.32 Å². The number of nitrogen functional groups attached to an aromatic ring is 1. The summed E-state index contributed by atoms with van der Waals surface area (Å²) in [6.07, 6.45) is 0. The van der Waals surface area contributed by atoms with Crippen LogP contribution in [0.5, 0.6) is 5.75 Å². The highest BCUT2D eigenvalue weighted by molar-refractivity contribution is 6.31. The second kappa shape index (κ2) is 5.84. The second-order valence-electron chi connectivity index (χ2n) is 4.39. The van der Waals surface area contributed by atoms with E-state index < -0.39 is 0 Å². The highest BCUT2D eigenvalue weighted by Gasteiger charge is 2.13. The number of nitrogens with two attached hydrogens (primary N) is 1. The van der Waals surface area contributed by atoms with Crippen LogP contribution in [0, 0.1) is 6.92 Å². The number of ether oxygens (including phenoxy) is 1. The molecule has 2 aromatic rings.